The molecule has 1 saturated carbocycles. The minimum absolute atomic E-state index is 0.250. The number of ether oxygens (including phenoxy) is 1. The molecule has 0 aromatic rings. The summed E-state index contributed by atoms with van der Waals surface area (Å²) < 4.78 is 6.29. The molecule has 1 aliphatic carbocycles. The normalized spacial score (nSPS) is 44.9. The Morgan fingerprint density at radius 2 is 1.60 bits per heavy atom. The molecule has 3 saturated heterocycles. The van der Waals surface area contributed by atoms with Gasteiger partial charge in [0.2, 0.25) is 0 Å². The van der Waals surface area contributed by atoms with E-state index in [9.17, 15) is 0 Å². The van der Waals surface area contributed by atoms with Gasteiger partial charge in [0.05, 0.1) is 5.60 Å². The van der Waals surface area contributed by atoms with Crippen molar-refractivity contribution in [2.24, 2.45) is 5.73 Å². The van der Waals surface area contributed by atoms with Crippen molar-refractivity contribution in [2.45, 2.75) is 100 Å². The molecule has 4 fully saturated rings. The molecule has 20 heavy (non-hydrogen) atoms. The lowest BCUT2D eigenvalue weighted by molar-refractivity contribution is -0.132. The van der Waals surface area contributed by atoms with Gasteiger partial charge in [0.15, 0.2) is 0 Å². The fourth-order valence-corrected chi connectivity index (χ4v) is 5.65. The number of piperidine rings is 1. The summed E-state index contributed by atoms with van der Waals surface area (Å²) in [7, 11) is 0. The van der Waals surface area contributed by atoms with Gasteiger partial charge in [-0.05, 0) is 51.4 Å². The molecule has 2 bridgehead atoms. The van der Waals surface area contributed by atoms with E-state index in [1.54, 1.807) is 0 Å². The lowest BCUT2D eigenvalue weighted by Gasteiger charge is -2.50. The molecule has 3 unspecified atom stereocenters. The Labute approximate surface area is 123 Å². The molecule has 3 nitrogen and oxygen atoms in total. The number of nitrogens with zero attached hydrogens (tertiary/aromatic N) is 1. The summed E-state index contributed by atoms with van der Waals surface area (Å²) in [5.74, 6) is 0. The summed E-state index contributed by atoms with van der Waals surface area (Å²) in [5.41, 5.74) is 6.48. The summed E-state index contributed by atoms with van der Waals surface area (Å²) in [6.45, 7) is 0.993. The Kier molecular flexibility index (Phi) is 3.56. The highest BCUT2D eigenvalue weighted by Gasteiger charge is 2.47. The first-order chi connectivity index (χ1) is 9.76. The van der Waals surface area contributed by atoms with Crippen molar-refractivity contribution >= 4 is 0 Å². The maximum Gasteiger partial charge on any atom is 0.0697 e. The Morgan fingerprint density at radius 1 is 0.900 bits per heavy atom. The number of nitrogens with two attached hydrogens (primary N) is 1. The van der Waals surface area contributed by atoms with E-state index in [4.69, 9.17) is 10.5 Å². The van der Waals surface area contributed by atoms with Crippen LogP contribution in [0.3, 0.4) is 0 Å². The highest BCUT2D eigenvalue weighted by molar-refractivity contribution is 5.02. The summed E-state index contributed by atoms with van der Waals surface area (Å²) in [4.78, 5) is 2.89. The molecule has 2 N–H and O–H groups in total. The fourth-order valence-electron chi connectivity index (χ4n) is 5.65. The number of hydrogen-bond acceptors (Lipinski definition) is 3. The molecule has 4 rings (SSSR count). The van der Waals surface area contributed by atoms with E-state index in [1.165, 1.54) is 70.6 Å². The van der Waals surface area contributed by atoms with Crippen LogP contribution in [0.4, 0.5) is 0 Å². The third-order valence-electron chi connectivity index (χ3n) is 6.48. The third-order valence-corrected chi connectivity index (χ3v) is 6.48. The first-order valence-electron chi connectivity index (χ1n) is 8.93. The van der Waals surface area contributed by atoms with Crippen LogP contribution >= 0.6 is 0 Å². The summed E-state index contributed by atoms with van der Waals surface area (Å²) >= 11 is 0. The molecule has 0 amide bonds. The van der Waals surface area contributed by atoms with Crippen LogP contribution in [0.1, 0.15) is 70.6 Å². The Bertz CT molecular complexity index is 333. The zero-order chi connectivity index (χ0) is 13.6. The van der Waals surface area contributed by atoms with Crippen LogP contribution in [0.25, 0.3) is 0 Å². The minimum Gasteiger partial charge on any atom is -0.375 e. The Morgan fingerprint density at radius 3 is 2.30 bits per heavy atom. The molecule has 3 atom stereocenters. The van der Waals surface area contributed by atoms with Gasteiger partial charge in [0.1, 0.15) is 0 Å². The van der Waals surface area contributed by atoms with Crippen LogP contribution < -0.4 is 5.73 Å². The van der Waals surface area contributed by atoms with Gasteiger partial charge in [-0.1, -0.05) is 19.3 Å². The molecular weight excluding hydrogens is 248 g/mol. The monoisotopic (exact) mass is 278 g/mol. The first-order valence-corrected chi connectivity index (χ1v) is 8.93. The third kappa shape index (κ3) is 2.32. The molecule has 0 aromatic carbocycles. The smallest absolute Gasteiger partial charge is 0.0697 e. The minimum atomic E-state index is 0.250. The average molecular weight is 278 g/mol. The van der Waals surface area contributed by atoms with Crippen molar-refractivity contribution < 1.29 is 4.74 Å². The fraction of sp³-hybridized carbons (Fsp3) is 1.00. The number of hydrogen-bond donors (Lipinski definition) is 1. The van der Waals surface area contributed by atoms with Crippen molar-refractivity contribution in [3.05, 3.63) is 0 Å². The second-order valence-electron chi connectivity index (χ2n) is 7.80. The Hall–Kier alpha value is -0.120. The first kappa shape index (κ1) is 13.5. The second-order valence-corrected chi connectivity index (χ2v) is 7.80. The molecule has 3 aliphatic heterocycles. The van der Waals surface area contributed by atoms with Gasteiger partial charge in [0, 0.05) is 30.8 Å². The molecule has 0 aromatic heterocycles. The molecule has 114 valence electrons. The predicted octanol–water partition coefficient (Wildman–Crippen LogP) is 2.82. The number of rotatable bonds is 1. The van der Waals surface area contributed by atoms with Crippen molar-refractivity contribution in [1.29, 1.82) is 0 Å². The standard InChI is InChI=1S/C17H30N2O/c18-13-10-14-4-5-15(11-13)19(14)16-6-9-20-17(12-16)7-2-1-3-8-17/h13-16H,1-12,18H2. The van der Waals surface area contributed by atoms with E-state index in [1.807, 2.05) is 0 Å². The van der Waals surface area contributed by atoms with E-state index < -0.39 is 0 Å². The summed E-state index contributed by atoms with van der Waals surface area (Å²) in [5, 5.41) is 0. The van der Waals surface area contributed by atoms with Gasteiger partial charge in [-0.2, -0.15) is 0 Å². The quantitative estimate of drug-likeness (QED) is 0.801. The average Bonchev–Trinajstić information content (AvgIpc) is 2.72. The number of fused-ring (bicyclic) bond motifs is 2. The topological polar surface area (TPSA) is 38.5 Å². The highest BCUT2D eigenvalue weighted by Crippen LogP contribution is 2.44. The van der Waals surface area contributed by atoms with Crippen LogP contribution in [0.2, 0.25) is 0 Å². The van der Waals surface area contributed by atoms with E-state index in [0.29, 0.717) is 6.04 Å². The van der Waals surface area contributed by atoms with Crippen LogP contribution in [-0.2, 0) is 4.74 Å². The SMILES string of the molecule is NC1CC2CCC(C1)N2C1CCOC2(CCCCC2)C1. The molecule has 4 aliphatic rings. The molecule has 1 spiro atoms. The largest absolute Gasteiger partial charge is 0.375 e. The maximum atomic E-state index is 6.29. The van der Waals surface area contributed by atoms with Crippen molar-refractivity contribution in [3.8, 4) is 0 Å². The van der Waals surface area contributed by atoms with Crippen LogP contribution in [-0.4, -0.2) is 41.3 Å². The zero-order valence-corrected chi connectivity index (χ0v) is 12.7. The van der Waals surface area contributed by atoms with Gasteiger partial charge in [-0.3, -0.25) is 4.90 Å². The maximum absolute atomic E-state index is 6.29. The van der Waals surface area contributed by atoms with Gasteiger partial charge in [0.25, 0.3) is 0 Å². The molecule has 3 heterocycles. The summed E-state index contributed by atoms with van der Waals surface area (Å²) in [6, 6.07) is 2.82. The van der Waals surface area contributed by atoms with Gasteiger partial charge >= 0.3 is 0 Å². The molecule has 0 radical (unpaired) electrons. The Balaban J connectivity index is 1.48. The molecular formula is C17H30N2O. The summed E-state index contributed by atoms with van der Waals surface area (Å²) in [6.07, 6.45) is 14.6. The highest BCUT2D eigenvalue weighted by atomic mass is 16.5. The second kappa shape index (κ2) is 5.26. The van der Waals surface area contributed by atoms with E-state index in [2.05, 4.69) is 4.90 Å². The van der Waals surface area contributed by atoms with Gasteiger partial charge in [-0.15, -0.1) is 0 Å². The van der Waals surface area contributed by atoms with Crippen LogP contribution in [0.15, 0.2) is 0 Å². The van der Waals surface area contributed by atoms with E-state index in [0.717, 1.165) is 24.7 Å². The van der Waals surface area contributed by atoms with E-state index in [-0.39, 0.29) is 5.60 Å². The molecule has 3 heteroatoms. The van der Waals surface area contributed by atoms with Gasteiger partial charge in [-0.25, -0.2) is 0 Å². The van der Waals surface area contributed by atoms with Crippen LogP contribution in [0, 0.1) is 0 Å². The lowest BCUT2D eigenvalue weighted by Crippen LogP contribution is -2.56. The van der Waals surface area contributed by atoms with Crippen molar-refractivity contribution in [1.82, 2.24) is 4.90 Å². The lowest BCUT2D eigenvalue weighted by atomic mass is 9.77. The van der Waals surface area contributed by atoms with Crippen LogP contribution in [0.5, 0.6) is 0 Å². The zero-order valence-electron chi connectivity index (χ0n) is 12.7. The van der Waals surface area contributed by atoms with E-state index >= 15 is 0 Å². The van der Waals surface area contributed by atoms with Gasteiger partial charge < -0.3 is 10.5 Å². The van der Waals surface area contributed by atoms with Crippen molar-refractivity contribution in [3.63, 3.8) is 0 Å². The predicted molar refractivity (Wildman–Crippen MR) is 80.6 cm³/mol. The van der Waals surface area contributed by atoms with Crippen molar-refractivity contribution in [2.75, 3.05) is 6.61 Å².